The van der Waals surface area contributed by atoms with Crippen LogP contribution in [0.3, 0.4) is 0 Å². The van der Waals surface area contributed by atoms with E-state index in [1.165, 1.54) is 4.90 Å². The molecular weight excluding hydrogens is 611 g/mol. The molecule has 3 aromatic carbocycles. The van der Waals surface area contributed by atoms with Crippen molar-refractivity contribution in [2.45, 2.75) is 70.8 Å². The molecule has 250 valence electrons. The number of ether oxygens (including phenoxy) is 1. The Morgan fingerprint density at radius 2 is 1.83 bits per heavy atom. The molecule has 3 heterocycles. The van der Waals surface area contributed by atoms with Crippen molar-refractivity contribution in [3.8, 4) is 11.8 Å². The van der Waals surface area contributed by atoms with E-state index in [4.69, 9.17) is 10.5 Å². The maximum Gasteiger partial charge on any atom is 0.255 e. The molecule has 2 saturated heterocycles. The van der Waals surface area contributed by atoms with Crippen LogP contribution in [0.4, 0.5) is 10.1 Å². The Labute approximate surface area is 280 Å². The van der Waals surface area contributed by atoms with Gasteiger partial charge < -0.3 is 20.3 Å². The highest BCUT2D eigenvalue weighted by atomic mass is 19.1. The van der Waals surface area contributed by atoms with E-state index in [1.807, 2.05) is 32.0 Å². The van der Waals surface area contributed by atoms with Crippen LogP contribution in [0.15, 0.2) is 54.6 Å². The number of amides is 3. The summed E-state index contributed by atoms with van der Waals surface area (Å²) in [6.45, 7) is 9.39. The van der Waals surface area contributed by atoms with Crippen molar-refractivity contribution in [2.24, 2.45) is 5.73 Å². The first-order chi connectivity index (χ1) is 22.9. The molecular formula is C37H41FN6O4. The minimum Gasteiger partial charge on any atom is -0.488 e. The van der Waals surface area contributed by atoms with Gasteiger partial charge in [0.2, 0.25) is 11.8 Å². The summed E-state index contributed by atoms with van der Waals surface area (Å²) in [4.78, 5) is 43.3. The number of piperidine rings is 1. The molecule has 0 spiro atoms. The molecule has 0 aromatic heterocycles. The highest BCUT2D eigenvalue weighted by Crippen LogP contribution is 2.34. The van der Waals surface area contributed by atoms with Gasteiger partial charge in [0.05, 0.1) is 18.2 Å². The first kappa shape index (κ1) is 33.1. The number of nitriles is 1. The molecule has 0 aliphatic carbocycles. The average Bonchev–Trinajstić information content (AvgIpc) is 3.39. The molecule has 3 N–H and O–H groups in total. The van der Waals surface area contributed by atoms with Crippen LogP contribution in [0.5, 0.6) is 5.75 Å². The van der Waals surface area contributed by atoms with Crippen molar-refractivity contribution in [3.05, 3.63) is 93.8 Å². The Morgan fingerprint density at radius 1 is 1.06 bits per heavy atom. The van der Waals surface area contributed by atoms with Gasteiger partial charge in [-0.2, -0.15) is 5.26 Å². The Bertz CT molecular complexity index is 1790. The van der Waals surface area contributed by atoms with E-state index in [0.717, 1.165) is 43.0 Å². The minimum absolute atomic E-state index is 0.00727. The fourth-order valence-electron chi connectivity index (χ4n) is 6.89. The molecule has 6 rings (SSSR count). The second-order valence-electron chi connectivity index (χ2n) is 13.6. The molecule has 2 fully saturated rings. The van der Waals surface area contributed by atoms with Crippen LogP contribution in [0.1, 0.15) is 77.8 Å². The SMILES string of the molecule is CC(c1ccc(COc2cccc3c2CN([C@H]2CCC(=O)NC2=O)C3=O)c(F)c1)N1CCN(c2ccc(C#N)c(CC(C)(C)N)c2)CC1. The lowest BCUT2D eigenvalue weighted by molar-refractivity contribution is -0.136. The second kappa shape index (κ2) is 13.4. The fourth-order valence-corrected chi connectivity index (χ4v) is 6.89. The van der Waals surface area contributed by atoms with Gasteiger partial charge in [-0.05, 0) is 81.1 Å². The highest BCUT2D eigenvalue weighted by molar-refractivity contribution is 6.05. The van der Waals surface area contributed by atoms with Gasteiger partial charge >= 0.3 is 0 Å². The zero-order chi connectivity index (χ0) is 34.2. The zero-order valence-corrected chi connectivity index (χ0v) is 27.6. The third-order valence-corrected chi connectivity index (χ3v) is 9.56. The monoisotopic (exact) mass is 652 g/mol. The molecule has 3 aliphatic heterocycles. The van der Waals surface area contributed by atoms with Crippen molar-refractivity contribution in [1.29, 1.82) is 5.26 Å². The van der Waals surface area contributed by atoms with Crippen LogP contribution in [-0.2, 0) is 29.2 Å². The van der Waals surface area contributed by atoms with Gasteiger partial charge in [-0.15, -0.1) is 0 Å². The lowest BCUT2D eigenvalue weighted by Gasteiger charge is -2.39. The quantitative estimate of drug-likeness (QED) is 0.329. The summed E-state index contributed by atoms with van der Waals surface area (Å²) in [5.41, 5.74) is 10.9. The number of fused-ring (bicyclic) bond motifs is 1. The molecule has 48 heavy (non-hydrogen) atoms. The number of nitrogens with one attached hydrogen (secondary N) is 1. The first-order valence-electron chi connectivity index (χ1n) is 16.4. The lowest BCUT2D eigenvalue weighted by atomic mass is 9.92. The van der Waals surface area contributed by atoms with E-state index in [1.54, 1.807) is 30.3 Å². The molecule has 0 bridgehead atoms. The van der Waals surface area contributed by atoms with E-state index in [-0.39, 0.29) is 49.7 Å². The maximum atomic E-state index is 15.4. The summed E-state index contributed by atoms with van der Waals surface area (Å²) in [6, 6.07) is 17.9. The van der Waals surface area contributed by atoms with E-state index in [0.29, 0.717) is 34.4 Å². The number of carbonyl (C=O) groups is 3. The standard InChI is InChI=1S/C37H41FN6O4/c1-23(42-13-15-43(16-14-42)28-10-9-25(20-39)27(17-28)19-37(2,3)40)24-7-8-26(31(38)18-24)22-48-33-6-4-5-29-30(33)21-44(36(29)47)32-11-12-34(45)41-35(32)46/h4-10,17-18,23,32H,11-16,19,21-22,40H2,1-3H3,(H,41,45,46)/t23?,32-/m0/s1. The summed E-state index contributed by atoms with van der Waals surface area (Å²) >= 11 is 0. The molecule has 3 amide bonds. The predicted octanol–water partition coefficient (Wildman–Crippen LogP) is 4.20. The summed E-state index contributed by atoms with van der Waals surface area (Å²) in [7, 11) is 0. The van der Waals surface area contributed by atoms with Gasteiger partial charge in [-0.25, -0.2) is 4.39 Å². The van der Waals surface area contributed by atoms with Gasteiger partial charge in [0.1, 0.15) is 24.2 Å². The van der Waals surface area contributed by atoms with Gasteiger partial charge in [-0.1, -0.05) is 18.2 Å². The Morgan fingerprint density at radius 3 is 2.52 bits per heavy atom. The number of nitrogens with zero attached hydrogens (tertiary/aromatic N) is 4. The number of piperazine rings is 1. The first-order valence-corrected chi connectivity index (χ1v) is 16.4. The number of hydrogen-bond acceptors (Lipinski definition) is 8. The molecule has 0 saturated carbocycles. The fraction of sp³-hybridized carbons (Fsp3) is 0.405. The van der Waals surface area contributed by atoms with Crippen molar-refractivity contribution in [2.75, 3.05) is 31.1 Å². The van der Waals surface area contributed by atoms with E-state index in [9.17, 15) is 19.6 Å². The normalized spacial score (nSPS) is 19.2. The maximum absolute atomic E-state index is 15.4. The third-order valence-electron chi connectivity index (χ3n) is 9.56. The number of anilines is 1. The topological polar surface area (TPSA) is 132 Å². The largest absolute Gasteiger partial charge is 0.488 e. The smallest absolute Gasteiger partial charge is 0.255 e. The number of imide groups is 1. The Balaban J connectivity index is 1.07. The number of carbonyl (C=O) groups excluding carboxylic acids is 3. The average molecular weight is 653 g/mol. The van der Waals surface area contributed by atoms with E-state index >= 15 is 4.39 Å². The van der Waals surface area contributed by atoms with Crippen LogP contribution < -0.4 is 20.7 Å². The number of nitrogens with two attached hydrogens (primary N) is 1. The third kappa shape index (κ3) is 6.91. The van der Waals surface area contributed by atoms with Crippen molar-refractivity contribution >= 4 is 23.4 Å². The molecule has 2 atom stereocenters. The summed E-state index contributed by atoms with van der Waals surface area (Å²) in [5.74, 6) is -0.991. The van der Waals surface area contributed by atoms with Gasteiger partial charge in [0, 0.05) is 66.6 Å². The molecule has 0 radical (unpaired) electrons. The van der Waals surface area contributed by atoms with Crippen molar-refractivity contribution in [1.82, 2.24) is 15.1 Å². The van der Waals surface area contributed by atoms with Crippen LogP contribution in [0.2, 0.25) is 0 Å². The van der Waals surface area contributed by atoms with E-state index < -0.39 is 17.5 Å². The summed E-state index contributed by atoms with van der Waals surface area (Å²) in [5, 5.41) is 11.9. The second-order valence-corrected chi connectivity index (χ2v) is 13.6. The Kier molecular flexibility index (Phi) is 9.23. The number of hydrogen-bond donors (Lipinski definition) is 2. The zero-order valence-electron chi connectivity index (χ0n) is 27.6. The number of rotatable bonds is 9. The summed E-state index contributed by atoms with van der Waals surface area (Å²) < 4.78 is 21.5. The van der Waals surface area contributed by atoms with Crippen LogP contribution >= 0.6 is 0 Å². The molecule has 1 unspecified atom stereocenters. The minimum atomic E-state index is -0.719. The number of benzene rings is 3. The highest BCUT2D eigenvalue weighted by Gasteiger charge is 2.40. The Hall–Kier alpha value is -4.79. The van der Waals surface area contributed by atoms with Crippen molar-refractivity contribution < 1.29 is 23.5 Å². The predicted molar refractivity (Wildman–Crippen MR) is 179 cm³/mol. The number of halogens is 1. The van der Waals surface area contributed by atoms with Crippen LogP contribution in [0, 0.1) is 17.1 Å². The lowest BCUT2D eigenvalue weighted by Crippen LogP contribution is -2.52. The van der Waals surface area contributed by atoms with Gasteiger partial charge in [-0.3, -0.25) is 24.6 Å². The molecule has 3 aliphatic rings. The van der Waals surface area contributed by atoms with Gasteiger partial charge in [0.15, 0.2) is 0 Å². The molecule has 10 nitrogen and oxygen atoms in total. The van der Waals surface area contributed by atoms with Crippen LogP contribution in [-0.4, -0.2) is 65.3 Å². The van der Waals surface area contributed by atoms with Crippen LogP contribution in [0.25, 0.3) is 0 Å². The molecule has 11 heteroatoms. The van der Waals surface area contributed by atoms with Gasteiger partial charge in [0.25, 0.3) is 5.91 Å². The molecule has 3 aromatic rings. The summed E-state index contributed by atoms with van der Waals surface area (Å²) in [6.07, 6.45) is 1.07. The van der Waals surface area contributed by atoms with E-state index in [2.05, 4.69) is 34.2 Å². The van der Waals surface area contributed by atoms with Crippen molar-refractivity contribution in [3.63, 3.8) is 0 Å².